The lowest BCUT2D eigenvalue weighted by atomic mass is 9.71. The van der Waals surface area contributed by atoms with E-state index in [2.05, 4.69) is 10.6 Å². The Labute approximate surface area is 231 Å². The molecule has 0 radical (unpaired) electrons. The van der Waals surface area contributed by atoms with E-state index in [0.717, 1.165) is 42.6 Å². The summed E-state index contributed by atoms with van der Waals surface area (Å²) >= 11 is 12.8. The average molecular weight is 555 g/mol. The molecule has 0 atom stereocenters. The molecule has 1 heterocycles. The number of nitrogens with one attached hydrogen (secondary N) is 2. The van der Waals surface area contributed by atoms with Gasteiger partial charge in [-0.2, -0.15) is 0 Å². The number of hydrogen-bond acceptors (Lipinski definition) is 6. The van der Waals surface area contributed by atoms with Crippen LogP contribution in [0.1, 0.15) is 55.6 Å². The van der Waals surface area contributed by atoms with Gasteiger partial charge in [0.15, 0.2) is 29.7 Å². The van der Waals surface area contributed by atoms with Crippen LogP contribution in [-0.4, -0.2) is 31.2 Å². The van der Waals surface area contributed by atoms with Gasteiger partial charge in [0.1, 0.15) is 0 Å². The van der Waals surface area contributed by atoms with Gasteiger partial charge < -0.3 is 20.1 Å². The second kappa shape index (κ2) is 10.8. The van der Waals surface area contributed by atoms with Gasteiger partial charge in [-0.25, -0.2) is 0 Å². The number of anilines is 1. The van der Waals surface area contributed by atoms with Crippen molar-refractivity contribution in [2.75, 3.05) is 19.0 Å². The molecule has 1 aliphatic heterocycles. The van der Waals surface area contributed by atoms with E-state index in [0.29, 0.717) is 46.0 Å². The standard InChI is InChI=1S/C29H28Cl2N2O5/c1-15-9-10-17(13-18(15)30)32-25(36)14-38-29-19(31)11-16(12-24(29)37-2)26-27-20(5-3-7-22(27)34)33-21-6-4-8-23(35)28(21)26/h9-13,26,33H,3-8,14H2,1-2H3,(H,32,36). The molecule has 198 valence electrons. The van der Waals surface area contributed by atoms with E-state index < -0.39 is 11.8 Å². The molecule has 38 heavy (non-hydrogen) atoms. The van der Waals surface area contributed by atoms with E-state index in [-0.39, 0.29) is 28.9 Å². The molecule has 0 bridgehead atoms. The first-order valence-corrected chi connectivity index (χ1v) is 13.4. The van der Waals surface area contributed by atoms with Crippen LogP contribution in [0.15, 0.2) is 52.9 Å². The first kappa shape index (κ1) is 26.3. The van der Waals surface area contributed by atoms with Gasteiger partial charge in [0.2, 0.25) is 0 Å². The summed E-state index contributed by atoms with van der Waals surface area (Å²) in [7, 11) is 1.48. The highest BCUT2D eigenvalue weighted by Gasteiger charge is 2.40. The number of rotatable bonds is 6. The minimum Gasteiger partial charge on any atom is -0.493 e. The molecule has 1 amide bonds. The maximum Gasteiger partial charge on any atom is 0.262 e. The molecule has 0 saturated carbocycles. The number of methoxy groups -OCH3 is 1. The molecule has 7 nitrogen and oxygen atoms in total. The van der Waals surface area contributed by atoms with Crippen molar-refractivity contribution in [3.8, 4) is 11.5 Å². The van der Waals surface area contributed by atoms with Crippen LogP contribution < -0.4 is 20.1 Å². The number of ketones is 2. The van der Waals surface area contributed by atoms with Gasteiger partial charge in [-0.1, -0.05) is 29.3 Å². The topological polar surface area (TPSA) is 93.7 Å². The quantitative estimate of drug-likeness (QED) is 0.452. The van der Waals surface area contributed by atoms with Crippen LogP contribution in [-0.2, 0) is 14.4 Å². The van der Waals surface area contributed by atoms with Gasteiger partial charge in [0.25, 0.3) is 5.91 Å². The Morgan fingerprint density at radius 1 is 0.974 bits per heavy atom. The van der Waals surface area contributed by atoms with Crippen LogP contribution >= 0.6 is 23.2 Å². The molecule has 9 heteroatoms. The number of carbonyl (C=O) groups is 3. The largest absolute Gasteiger partial charge is 0.493 e. The van der Waals surface area contributed by atoms with Crippen molar-refractivity contribution in [3.05, 3.63) is 74.0 Å². The predicted octanol–water partition coefficient (Wildman–Crippen LogP) is 6.03. The molecule has 2 aliphatic carbocycles. The van der Waals surface area contributed by atoms with Gasteiger partial charge in [-0.3, -0.25) is 14.4 Å². The highest BCUT2D eigenvalue weighted by atomic mass is 35.5. The van der Waals surface area contributed by atoms with Gasteiger partial charge in [-0.15, -0.1) is 0 Å². The van der Waals surface area contributed by atoms with Crippen LogP contribution in [0.4, 0.5) is 5.69 Å². The maximum absolute atomic E-state index is 13.1. The second-order valence-corrected chi connectivity index (χ2v) is 10.5. The summed E-state index contributed by atoms with van der Waals surface area (Å²) in [5.74, 6) is -0.313. The van der Waals surface area contributed by atoms with Crippen LogP contribution in [0.5, 0.6) is 11.5 Å². The lowest BCUT2D eigenvalue weighted by molar-refractivity contribution is -0.118. The Hall–Kier alpha value is -3.29. The number of dihydropyridines is 1. The third kappa shape index (κ3) is 5.05. The van der Waals surface area contributed by atoms with Crippen LogP contribution in [0.3, 0.4) is 0 Å². The molecule has 0 unspecified atom stereocenters. The zero-order chi connectivity index (χ0) is 27.0. The minimum absolute atomic E-state index is 0.0389. The van der Waals surface area contributed by atoms with Gasteiger partial charge >= 0.3 is 0 Å². The van der Waals surface area contributed by atoms with Crippen LogP contribution in [0, 0.1) is 6.92 Å². The zero-order valence-corrected chi connectivity index (χ0v) is 22.7. The summed E-state index contributed by atoms with van der Waals surface area (Å²) in [5.41, 5.74) is 5.19. The maximum atomic E-state index is 13.1. The summed E-state index contributed by atoms with van der Waals surface area (Å²) in [6.07, 6.45) is 3.97. The first-order chi connectivity index (χ1) is 18.3. The van der Waals surface area contributed by atoms with Gasteiger partial charge in [0, 0.05) is 52.0 Å². The van der Waals surface area contributed by atoms with E-state index in [4.69, 9.17) is 32.7 Å². The molecular weight excluding hydrogens is 527 g/mol. The monoisotopic (exact) mass is 554 g/mol. The lowest BCUT2D eigenvalue weighted by Crippen LogP contribution is -2.36. The Bertz CT molecular complexity index is 1370. The molecule has 5 rings (SSSR count). The number of carbonyl (C=O) groups excluding carboxylic acids is 3. The molecule has 3 aliphatic rings. The van der Waals surface area contributed by atoms with Crippen molar-refractivity contribution in [1.82, 2.24) is 5.32 Å². The molecule has 0 spiro atoms. The third-order valence-electron chi connectivity index (χ3n) is 7.18. The van der Waals surface area contributed by atoms with Crippen LogP contribution in [0.2, 0.25) is 10.0 Å². The molecular formula is C29H28Cl2N2O5. The van der Waals surface area contributed by atoms with Gasteiger partial charge in [0.05, 0.1) is 12.1 Å². The van der Waals surface area contributed by atoms with E-state index >= 15 is 0 Å². The normalized spacial score (nSPS) is 17.6. The van der Waals surface area contributed by atoms with Gasteiger partial charge in [-0.05, 0) is 68.0 Å². The SMILES string of the molecule is COc1cc(C2C3=C(CCCC3=O)NC3=C2C(=O)CCC3)cc(Cl)c1OCC(=O)Nc1ccc(C)c(Cl)c1. The number of ether oxygens (including phenoxy) is 2. The molecule has 2 N–H and O–H groups in total. The molecule has 2 aromatic carbocycles. The van der Waals surface area contributed by atoms with E-state index in [1.165, 1.54) is 7.11 Å². The fourth-order valence-electron chi connectivity index (χ4n) is 5.37. The summed E-state index contributed by atoms with van der Waals surface area (Å²) in [6, 6.07) is 8.68. The lowest BCUT2D eigenvalue weighted by Gasteiger charge is -2.37. The average Bonchev–Trinajstić information content (AvgIpc) is 2.89. The van der Waals surface area contributed by atoms with E-state index in [9.17, 15) is 14.4 Å². The van der Waals surface area contributed by atoms with Crippen molar-refractivity contribution >= 4 is 46.4 Å². The summed E-state index contributed by atoms with van der Waals surface area (Å²) < 4.78 is 11.4. The Kier molecular flexibility index (Phi) is 7.50. The van der Waals surface area contributed by atoms with Crippen molar-refractivity contribution in [1.29, 1.82) is 0 Å². The smallest absolute Gasteiger partial charge is 0.262 e. The fourth-order valence-corrected chi connectivity index (χ4v) is 5.82. The third-order valence-corrected chi connectivity index (χ3v) is 7.87. The number of halogens is 2. The number of Topliss-reactive ketones (excluding diaryl/α,β-unsaturated/α-hetero) is 2. The Morgan fingerprint density at radius 3 is 2.24 bits per heavy atom. The number of allylic oxidation sites excluding steroid dienone is 4. The van der Waals surface area contributed by atoms with Crippen molar-refractivity contribution in [3.63, 3.8) is 0 Å². The Morgan fingerprint density at radius 2 is 1.63 bits per heavy atom. The molecule has 0 fully saturated rings. The second-order valence-electron chi connectivity index (χ2n) is 9.73. The number of amides is 1. The molecule has 0 saturated heterocycles. The number of hydrogen-bond donors (Lipinski definition) is 2. The van der Waals surface area contributed by atoms with Crippen LogP contribution in [0.25, 0.3) is 0 Å². The van der Waals surface area contributed by atoms with Crippen molar-refractivity contribution in [2.45, 2.75) is 51.4 Å². The predicted molar refractivity (Wildman–Crippen MR) is 146 cm³/mol. The fraction of sp³-hybridized carbons (Fsp3) is 0.345. The van der Waals surface area contributed by atoms with Crippen molar-refractivity contribution < 1.29 is 23.9 Å². The molecule has 0 aromatic heterocycles. The highest BCUT2D eigenvalue weighted by Crippen LogP contribution is 2.48. The zero-order valence-electron chi connectivity index (χ0n) is 21.2. The minimum atomic E-state index is -0.517. The first-order valence-electron chi connectivity index (χ1n) is 12.6. The van der Waals surface area contributed by atoms with E-state index in [1.54, 1.807) is 24.3 Å². The van der Waals surface area contributed by atoms with Crippen molar-refractivity contribution in [2.24, 2.45) is 0 Å². The summed E-state index contributed by atoms with van der Waals surface area (Å²) in [6.45, 7) is 1.57. The summed E-state index contributed by atoms with van der Waals surface area (Å²) in [4.78, 5) is 38.7. The number of benzene rings is 2. The molecule has 2 aromatic rings. The number of aryl methyl sites for hydroxylation is 1. The van der Waals surface area contributed by atoms with E-state index in [1.807, 2.05) is 13.0 Å². The highest BCUT2D eigenvalue weighted by molar-refractivity contribution is 6.32. The summed E-state index contributed by atoms with van der Waals surface area (Å²) in [5, 5.41) is 6.92. The Balaban J connectivity index is 1.44.